The summed E-state index contributed by atoms with van der Waals surface area (Å²) in [6.07, 6.45) is 2.03. The second-order valence-electron chi connectivity index (χ2n) is 5.47. The van der Waals surface area contributed by atoms with Crippen molar-refractivity contribution in [3.63, 3.8) is 0 Å². The molecule has 1 fully saturated rings. The van der Waals surface area contributed by atoms with Crippen LogP contribution in [0.2, 0.25) is 0 Å². The molecule has 1 N–H and O–H groups in total. The highest BCUT2D eigenvalue weighted by molar-refractivity contribution is 5.72. The maximum atomic E-state index is 13.5. The van der Waals surface area contributed by atoms with Crippen LogP contribution in [0.25, 0.3) is 0 Å². The third-order valence-electron chi connectivity index (χ3n) is 3.87. The number of carbonyl (C=O) groups is 1. The number of aliphatic hydroxyl groups is 1. The van der Waals surface area contributed by atoms with Crippen LogP contribution in [0, 0.1) is 11.7 Å². The number of ether oxygens (including phenoxy) is 2. The van der Waals surface area contributed by atoms with Gasteiger partial charge in [-0.05, 0) is 44.7 Å². The lowest BCUT2D eigenvalue weighted by atomic mass is 9.79. The lowest BCUT2D eigenvalue weighted by Gasteiger charge is -2.34. The predicted molar refractivity (Wildman–Crippen MR) is 75.4 cm³/mol. The molecule has 0 unspecified atom stereocenters. The Hall–Kier alpha value is -1.62. The van der Waals surface area contributed by atoms with E-state index in [1.165, 1.54) is 12.1 Å². The number of carbonyl (C=O) groups excluding carboxylic acids is 1. The summed E-state index contributed by atoms with van der Waals surface area (Å²) < 4.78 is 23.8. The Balaban J connectivity index is 1.85. The molecule has 0 heterocycles. The molecule has 0 atom stereocenters. The van der Waals surface area contributed by atoms with Gasteiger partial charge in [0.1, 0.15) is 6.61 Å². The molecule has 2 rings (SSSR count). The lowest BCUT2D eigenvalue weighted by Crippen LogP contribution is -2.41. The first-order chi connectivity index (χ1) is 10.0. The summed E-state index contributed by atoms with van der Waals surface area (Å²) in [5, 5.41) is 10.5. The molecule has 0 radical (unpaired) electrons. The smallest absolute Gasteiger partial charge is 0.308 e. The van der Waals surface area contributed by atoms with Gasteiger partial charge in [0.15, 0.2) is 11.6 Å². The quantitative estimate of drug-likeness (QED) is 0.849. The minimum Gasteiger partial charge on any atom is -0.488 e. The average Bonchev–Trinajstić information content (AvgIpc) is 2.47. The normalized spacial score (nSPS) is 25.4. The molecule has 1 aliphatic carbocycles. The topological polar surface area (TPSA) is 55.8 Å². The summed E-state index contributed by atoms with van der Waals surface area (Å²) in [6.45, 7) is 2.18. The van der Waals surface area contributed by atoms with Gasteiger partial charge in [0.25, 0.3) is 0 Å². The summed E-state index contributed by atoms with van der Waals surface area (Å²) in [7, 11) is 0. The molecule has 4 nitrogen and oxygen atoms in total. The zero-order chi connectivity index (χ0) is 15.3. The van der Waals surface area contributed by atoms with E-state index in [2.05, 4.69) is 0 Å². The van der Waals surface area contributed by atoms with Gasteiger partial charge in [-0.2, -0.15) is 0 Å². The Morgan fingerprint density at radius 2 is 2.05 bits per heavy atom. The molecule has 21 heavy (non-hydrogen) atoms. The number of halogens is 1. The molecule has 0 aromatic heterocycles. The molecule has 0 aliphatic heterocycles. The van der Waals surface area contributed by atoms with Crippen LogP contribution in [0.15, 0.2) is 24.3 Å². The standard InChI is InChI=1S/C16H21FO4/c1-2-20-15(18)12-7-9-16(19,10-8-12)11-21-14-6-4-3-5-13(14)17/h3-6,12,19H,2,7-11H2,1H3. The van der Waals surface area contributed by atoms with Crippen molar-refractivity contribution in [2.45, 2.75) is 38.2 Å². The molecule has 116 valence electrons. The summed E-state index contributed by atoms with van der Waals surface area (Å²) in [5.41, 5.74) is -1.01. The Labute approximate surface area is 123 Å². The number of benzene rings is 1. The molecule has 1 aromatic carbocycles. The van der Waals surface area contributed by atoms with E-state index < -0.39 is 11.4 Å². The molecule has 0 saturated heterocycles. The fraction of sp³-hybridized carbons (Fsp3) is 0.562. The molecule has 1 aromatic rings. The molecule has 5 heteroatoms. The summed E-state index contributed by atoms with van der Waals surface area (Å²) >= 11 is 0. The van der Waals surface area contributed by atoms with Crippen LogP contribution in [0.1, 0.15) is 32.6 Å². The Bertz CT molecular complexity index is 481. The first-order valence-electron chi connectivity index (χ1n) is 7.30. The van der Waals surface area contributed by atoms with Gasteiger partial charge in [0.05, 0.1) is 18.1 Å². The van der Waals surface area contributed by atoms with Crippen LogP contribution in [0.3, 0.4) is 0 Å². The number of esters is 1. The van der Waals surface area contributed by atoms with Gasteiger partial charge in [-0.3, -0.25) is 4.79 Å². The van der Waals surface area contributed by atoms with Gasteiger partial charge in [-0.25, -0.2) is 4.39 Å². The molecule has 1 saturated carbocycles. The van der Waals surface area contributed by atoms with Crippen molar-refractivity contribution in [2.75, 3.05) is 13.2 Å². The molecule has 0 spiro atoms. The summed E-state index contributed by atoms with van der Waals surface area (Å²) in [6, 6.07) is 6.11. The number of hydrogen-bond donors (Lipinski definition) is 1. The monoisotopic (exact) mass is 296 g/mol. The minimum atomic E-state index is -1.01. The summed E-state index contributed by atoms with van der Waals surface area (Å²) in [5.74, 6) is -0.659. The van der Waals surface area contributed by atoms with E-state index in [9.17, 15) is 14.3 Å². The van der Waals surface area contributed by atoms with Gasteiger partial charge >= 0.3 is 5.97 Å². The zero-order valence-corrected chi connectivity index (χ0v) is 12.2. The maximum Gasteiger partial charge on any atom is 0.308 e. The van der Waals surface area contributed by atoms with E-state index in [-0.39, 0.29) is 24.2 Å². The largest absolute Gasteiger partial charge is 0.488 e. The van der Waals surface area contributed by atoms with Crippen LogP contribution < -0.4 is 4.74 Å². The highest BCUT2D eigenvalue weighted by atomic mass is 19.1. The molecule has 0 amide bonds. The van der Waals surface area contributed by atoms with Crippen molar-refractivity contribution < 1.29 is 23.8 Å². The van der Waals surface area contributed by atoms with E-state index >= 15 is 0 Å². The molecular weight excluding hydrogens is 275 g/mol. The minimum absolute atomic E-state index is 0.0312. The Kier molecular flexibility index (Phi) is 5.17. The van der Waals surface area contributed by atoms with Gasteiger partial charge in [-0.15, -0.1) is 0 Å². The van der Waals surface area contributed by atoms with Crippen molar-refractivity contribution in [3.8, 4) is 5.75 Å². The van der Waals surface area contributed by atoms with E-state index in [4.69, 9.17) is 9.47 Å². The second kappa shape index (κ2) is 6.89. The Morgan fingerprint density at radius 3 is 2.67 bits per heavy atom. The summed E-state index contributed by atoms with van der Waals surface area (Å²) in [4.78, 5) is 11.6. The van der Waals surface area contributed by atoms with Crippen molar-refractivity contribution in [3.05, 3.63) is 30.1 Å². The lowest BCUT2D eigenvalue weighted by molar-refractivity contribution is -0.151. The molecule has 0 bridgehead atoms. The third-order valence-corrected chi connectivity index (χ3v) is 3.87. The van der Waals surface area contributed by atoms with Crippen LogP contribution >= 0.6 is 0 Å². The van der Waals surface area contributed by atoms with Gasteiger partial charge in [0, 0.05) is 0 Å². The van der Waals surface area contributed by atoms with Gasteiger partial charge in [-0.1, -0.05) is 12.1 Å². The predicted octanol–water partition coefficient (Wildman–Crippen LogP) is 2.69. The van der Waals surface area contributed by atoms with Crippen molar-refractivity contribution in [1.82, 2.24) is 0 Å². The Morgan fingerprint density at radius 1 is 1.38 bits per heavy atom. The highest BCUT2D eigenvalue weighted by Crippen LogP contribution is 2.33. The van der Waals surface area contributed by atoms with Crippen LogP contribution in [0.5, 0.6) is 5.75 Å². The van der Waals surface area contributed by atoms with E-state index in [0.717, 1.165) is 0 Å². The number of hydrogen-bond acceptors (Lipinski definition) is 4. The molecular formula is C16H21FO4. The SMILES string of the molecule is CCOC(=O)C1CCC(O)(COc2ccccc2F)CC1. The fourth-order valence-electron chi connectivity index (χ4n) is 2.57. The van der Waals surface area contributed by atoms with Gasteiger partial charge in [0.2, 0.25) is 0 Å². The van der Waals surface area contributed by atoms with Crippen LogP contribution in [-0.4, -0.2) is 29.9 Å². The number of para-hydroxylation sites is 1. The highest BCUT2D eigenvalue weighted by Gasteiger charge is 2.37. The van der Waals surface area contributed by atoms with E-state index in [1.807, 2.05) is 0 Å². The average molecular weight is 296 g/mol. The van der Waals surface area contributed by atoms with Crippen LogP contribution in [0.4, 0.5) is 4.39 Å². The van der Waals surface area contributed by atoms with Gasteiger partial charge < -0.3 is 14.6 Å². The van der Waals surface area contributed by atoms with E-state index in [0.29, 0.717) is 32.3 Å². The third kappa shape index (κ3) is 4.17. The van der Waals surface area contributed by atoms with Crippen molar-refractivity contribution in [2.24, 2.45) is 5.92 Å². The van der Waals surface area contributed by atoms with Crippen LogP contribution in [-0.2, 0) is 9.53 Å². The van der Waals surface area contributed by atoms with Crippen molar-refractivity contribution >= 4 is 5.97 Å². The maximum absolute atomic E-state index is 13.5. The first kappa shape index (κ1) is 15.8. The number of rotatable bonds is 5. The van der Waals surface area contributed by atoms with E-state index in [1.54, 1.807) is 19.1 Å². The zero-order valence-electron chi connectivity index (χ0n) is 12.2. The second-order valence-corrected chi connectivity index (χ2v) is 5.47. The van der Waals surface area contributed by atoms with Crippen molar-refractivity contribution in [1.29, 1.82) is 0 Å². The fourth-order valence-corrected chi connectivity index (χ4v) is 2.57. The molecule has 1 aliphatic rings. The first-order valence-corrected chi connectivity index (χ1v) is 7.30.